The molecule has 0 radical (unpaired) electrons. The van der Waals surface area contributed by atoms with Crippen molar-refractivity contribution in [2.75, 3.05) is 41.3 Å². The van der Waals surface area contributed by atoms with Gasteiger partial charge in [-0.05, 0) is 37.1 Å². The van der Waals surface area contributed by atoms with E-state index in [0.29, 0.717) is 0 Å². The third-order valence-electron chi connectivity index (χ3n) is 5.19. The van der Waals surface area contributed by atoms with Crippen LogP contribution in [-0.2, 0) is 6.42 Å². The number of piperazine rings is 1. The summed E-state index contributed by atoms with van der Waals surface area (Å²) in [5.41, 5.74) is 4.66. The van der Waals surface area contributed by atoms with Crippen LogP contribution in [0.2, 0.25) is 0 Å². The second kappa shape index (κ2) is 8.30. The van der Waals surface area contributed by atoms with Crippen LogP contribution in [0.15, 0.2) is 60.7 Å². The maximum Gasteiger partial charge on any atom is 0.227 e. The van der Waals surface area contributed by atoms with Crippen molar-refractivity contribution in [3.05, 3.63) is 71.9 Å². The Hall–Kier alpha value is -3.08. The molecule has 5 nitrogen and oxygen atoms in total. The van der Waals surface area contributed by atoms with Gasteiger partial charge in [0.1, 0.15) is 5.82 Å². The molecule has 1 N–H and O–H groups in total. The van der Waals surface area contributed by atoms with E-state index in [-0.39, 0.29) is 0 Å². The second-order valence-electron chi connectivity index (χ2n) is 7.14. The maximum absolute atomic E-state index is 4.81. The van der Waals surface area contributed by atoms with Crippen LogP contribution >= 0.6 is 0 Å². The lowest BCUT2D eigenvalue weighted by atomic mass is 10.1. The molecule has 1 aliphatic rings. The van der Waals surface area contributed by atoms with Crippen molar-refractivity contribution in [1.29, 1.82) is 0 Å². The largest absolute Gasteiger partial charge is 0.368 e. The van der Waals surface area contributed by atoms with E-state index in [2.05, 4.69) is 76.6 Å². The first-order valence-electron chi connectivity index (χ1n) is 9.98. The van der Waals surface area contributed by atoms with Crippen molar-refractivity contribution in [3.63, 3.8) is 0 Å². The van der Waals surface area contributed by atoms with Gasteiger partial charge in [-0.15, -0.1) is 0 Å². The number of rotatable bonds is 5. The van der Waals surface area contributed by atoms with Crippen molar-refractivity contribution in [1.82, 2.24) is 9.97 Å². The lowest BCUT2D eigenvalue weighted by Gasteiger charge is -2.36. The molecule has 1 saturated heterocycles. The number of anilines is 4. The molecule has 0 unspecified atom stereocenters. The smallest absolute Gasteiger partial charge is 0.227 e. The average Bonchev–Trinajstić information content (AvgIpc) is 2.74. The highest BCUT2D eigenvalue weighted by Gasteiger charge is 2.20. The van der Waals surface area contributed by atoms with Gasteiger partial charge in [0.15, 0.2) is 0 Å². The predicted octanol–water partition coefficient (Wildman–Crippen LogP) is 4.42. The molecule has 1 aliphatic heterocycles. The SMILES string of the molecule is CCc1ccccc1Nc1cc(C)nc(N2CCN(c3ccccc3)CC2)n1. The van der Waals surface area contributed by atoms with Gasteiger partial charge in [0.25, 0.3) is 0 Å². The van der Waals surface area contributed by atoms with Gasteiger partial charge >= 0.3 is 0 Å². The summed E-state index contributed by atoms with van der Waals surface area (Å²) in [4.78, 5) is 14.2. The fraction of sp³-hybridized carbons (Fsp3) is 0.304. The molecular weight excluding hydrogens is 346 g/mol. The molecule has 2 aromatic carbocycles. The van der Waals surface area contributed by atoms with Gasteiger partial charge in [-0.25, -0.2) is 4.98 Å². The number of nitrogens with zero attached hydrogens (tertiary/aromatic N) is 4. The Morgan fingerprint density at radius 1 is 0.857 bits per heavy atom. The van der Waals surface area contributed by atoms with Crippen molar-refractivity contribution in [2.45, 2.75) is 20.3 Å². The van der Waals surface area contributed by atoms with E-state index in [1.165, 1.54) is 11.3 Å². The molecule has 3 aromatic rings. The Bertz CT molecular complexity index is 917. The maximum atomic E-state index is 4.81. The van der Waals surface area contributed by atoms with Crippen molar-refractivity contribution in [2.24, 2.45) is 0 Å². The van der Waals surface area contributed by atoms with Crippen LogP contribution in [0.25, 0.3) is 0 Å². The Morgan fingerprint density at radius 2 is 1.54 bits per heavy atom. The summed E-state index contributed by atoms with van der Waals surface area (Å²) in [6.07, 6.45) is 0.988. The third kappa shape index (κ3) is 4.09. The molecule has 1 fully saturated rings. The van der Waals surface area contributed by atoms with Crippen molar-refractivity contribution in [3.8, 4) is 0 Å². The zero-order valence-electron chi connectivity index (χ0n) is 16.6. The first-order chi connectivity index (χ1) is 13.7. The van der Waals surface area contributed by atoms with Gasteiger partial charge in [0, 0.05) is 49.3 Å². The minimum absolute atomic E-state index is 0.809. The minimum Gasteiger partial charge on any atom is -0.368 e. The highest BCUT2D eigenvalue weighted by molar-refractivity contribution is 5.62. The van der Waals surface area contributed by atoms with Gasteiger partial charge in [0.2, 0.25) is 5.95 Å². The van der Waals surface area contributed by atoms with Crippen LogP contribution in [0.1, 0.15) is 18.2 Å². The van der Waals surface area contributed by atoms with Crippen LogP contribution in [0.4, 0.5) is 23.1 Å². The summed E-state index contributed by atoms with van der Waals surface area (Å²) in [5, 5.41) is 3.49. The van der Waals surface area contributed by atoms with E-state index < -0.39 is 0 Å². The number of nitrogens with one attached hydrogen (secondary N) is 1. The number of aromatic nitrogens is 2. The average molecular weight is 374 g/mol. The Kier molecular flexibility index (Phi) is 5.42. The molecule has 0 aliphatic carbocycles. The van der Waals surface area contributed by atoms with Crippen LogP contribution in [0.5, 0.6) is 0 Å². The molecule has 1 aromatic heterocycles. The van der Waals surface area contributed by atoms with E-state index in [0.717, 1.165) is 55.7 Å². The van der Waals surface area contributed by atoms with Gasteiger partial charge in [0.05, 0.1) is 0 Å². The first-order valence-corrected chi connectivity index (χ1v) is 9.98. The van der Waals surface area contributed by atoms with Crippen LogP contribution < -0.4 is 15.1 Å². The number of hydrogen-bond acceptors (Lipinski definition) is 5. The number of para-hydroxylation sites is 2. The van der Waals surface area contributed by atoms with Gasteiger partial charge in [-0.3, -0.25) is 0 Å². The summed E-state index contributed by atoms with van der Waals surface area (Å²) >= 11 is 0. The lowest BCUT2D eigenvalue weighted by Crippen LogP contribution is -2.47. The first kappa shape index (κ1) is 18.3. The molecule has 0 saturated carbocycles. The van der Waals surface area contributed by atoms with Crippen LogP contribution in [0.3, 0.4) is 0 Å². The highest BCUT2D eigenvalue weighted by Crippen LogP contribution is 2.23. The molecule has 0 amide bonds. The Morgan fingerprint density at radius 3 is 2.29 bits per heavy atom. The van der Waals surface area contributed by atoms with E-state index >= 15 is 0 Å². The fourth-order valence-corrected chi connectivity index (χ4v) is 3.65. The summed E-state index contributed by atoms with van der Waals surface area (Å²) in [5.74, 6) is 1.66. The predicted molar refractivity (Wildman–Crippen MR) is 117 cm³/mol. The topological polar surface area (TPSA) is 44.3 Å². The van der Waals surface area contributed by atoms with E-state index in [1.807, 2.05) is 13.0 Å². The molecule has 0 spiro atoms. The zero-order chi connectivity index (χ0) is 19.3. The van der Waals surface area contributed by atoms with Gasteiger partial charge in [-0.2, -0.15) is 4.98 Å². The molecule has 4 rings (SSSR count). The Labute approximate surface area is 167 Å². The number of benzene rings is 2. The molecule has 0 atom stereocenters. The van der Waals surface area contributed by atoms with Gasteiger partial charge < -0.3 is 15.1 Å². The summed E-state index contributed by atoms with van der Waals surface area (Å²) < 4.78 is 0. The second-order valence-corrected chi connectivity index (χ2v) is 7.14. The summed E-state index contributed by atoms with van der Waals surface area (Å²) in [6.45, 7) is 7.99. The molecule has 28 heavy (non-hydrogen) atoms. The van der Waals surface area contributed by atoms with E-state index in [1.54, 1.807) is 0 Å². The highest BCUT2D eigenvalue weighted by atomic mass is 15.3. The quantitative estimate of drug-likeness (QED) is 0.717. The molecule has 5 heteroatoms. The molecule has 144 valence electrons. The molecular formula is C23H27N5. The van der Waals surface area contributed by atoms with Crippen molar-refractivity contribution >= 4 is 23.1 Å². The third-order valence-corrected chi connectivity index (χ3v) is 5.19. The van der Waals surface area contributed by atoms with Crippen molar-refractivity contribution < 1.29 is 0 Å². The van der Waals surface area contributed by atoms with E-state index in [9.17, 15) is 0 Å². The monoisotopic (exact) mass is 373 g/mol. The number of aryl methyl sites for hydroxylation is 2. The van der Waals surface area contributed by atoms with Crippen LogP contribution in [-0.4, -0.2) is 36.1 Å². The van der Waals surface area contributed by atoms with E-state index in [4.69, 9.17) is 9.97 Å². The summed E-state index contributed by atoms with van der Waals surface area (Å²) in [6, 6.07) is 21.0. The zero-order valence-corrected chi connectivity index (χ0v) is 16.6. The standard InChI is InChI=1S/C23H27N5/c1-3-19-9-7-8-12-21(19)25-22-17-18(2)24-23(26-22)28-15-13-27(14-16-28)20-10-5-4-6-11-20/h4-12,17H,3,13-16H2,1-2H3,(H,24,25,26). The number of hydrogen-bond donors (Lipinski definition) is 1. The lowest BCUT2D eigenvalue weighted by molar-refractivity contribution is 0.639. The Balaban J connectivity index is 1.49. The molecule has 2 heterocycles. The fourth-order valence-electron chi connectivity index (χ4n) is 3.65. The molecule has 0 bridgehead atoms. The normalized spacial score (nSPS) is 14.2. The van der Waals surface area contributed by atoms with Gasteiger partial charge in [-0.1, -0.05) is 43.3 Å². The minimum atomic E-state index is 0.809. The van der Waals surface area contributed by atoms with Crippen LogP contribution in [0, 0.1) is 6.92 Å². The summed E-state index contributed by atoms with van der Waals surface area (Å²) in [7, 11) is 0.